The number of aliphatic hydroxyl groups excluding tert-OH is 1. The molecule has 152 valence electrons. The fourth-order valence-corrected chi connectivity index (χ4v) is 3.78. The molecule has 0 unspecified atom stereocenters. The largest absolute Gasteiger partial charge is 0.496 e. The van der Waals surface area contributed by atoms with Gasteiger partial charge < -0.3 is 19.3 Å². The molecule has 1 saturated heterocycles. The monoisotopic (exact) mass is 378 g/mol. The first-order valence-corrected chi connectivity index (χ1v) is 10.1. The first-order chi connectivity index (χ1) is 13.1. The molecule has 1 fully saturated rings. The van der Waals surface area contributed by atoms with E-state index in [1.165, 1.54) is 13.5 Å². The molecule has 5 heteroatoms. The van der Waals surface area contributed by atoms with E-state index >= 15 is 0 Å². The maximum absolute atomic E-state index is 12.1. The van der Waals surface area contributed by atoms with Crippen molar-refractivity contribution in [2.24, 2.45) is 5.92 Å². The van der Waals surface area contributed by atoms with Gasteiger partial charge in [0, 0.05) is 6.61 Å². The van der Waals surface area contributed by atoms with Crippen LogP contribution in [-0.4, -0.2) is 44.1 Å². The first-order valence-electron chi connectivity index (χ1n) is 10.1. The summed E-state index contributed by atoms with van der Waals surface area (Å²) >= 11 is 0. The molecule has 3 atom stereocenters. The minimum absolute atomic E-state index is 0.249. The molecule has 0 saturated carbocycles. The maximum atomic E-state index is 12.1. The molecular formula is C22H34O5. The Bertz CT molecular complexity index is 586. The van der Waals surface area contributed by atoms with Gasteiger partial charge in [-0.15, -0.1) is 0 Å². The minimum atomic E-state index is -0.352. The van der Waals surface area contributed by atoms with Crippen molar-refractivity contribution in [1.29, 1.82) is 0 Å². The summed E-state index contributed by atoms with van der Waals surface area (Å²) in [5.41, 5.74) is 1.49. The van der Waals surface area contributed by atoms with Crippen molar-refractivity contribution in [3.63, 3.8) is 0 Å². The Morgan fingerprint density at radius 1 is 1.26 bits per heavy atom. The van der Waals surface area contributed by atoms with Crippen molar-refractivity contribution in [3.05, 3.63) is 29.3 Å². The van der Waals surface area contributed by atoms with Crippen LogP contribution in [0, 0.1) is 5.92 Å². The highest BCUT2D eigenvalue weighted by Crippen LogP contribution is 2.28. The van der Waals surface area contributed by atoms with E-state index in [-0.39, 0.29) is 12.6 Å². The highest BCUT2D eigenvalue weighted by molar-refractivity contribution is 5.94. The minimum Gasteiger partial charge on any atom is -0.496 e. The van der Waals surface area contributed by atoms with Gasteiger partial charge in [-0.2, -0.15) is 0 Å². The molecule has 1 aliphatic rings. The Labute approximate surface area is 163 Å². The van der Waals surface area contributed by atoms with Crippen LogP contribution >= 0.6 is 0 Å². The van der Waals surface area contributed by atoms with Gasteiger partial charge in [-0.1, -0.05) is 19.1 Å². The average Bonchev–Trinajstić information content (AvgIpc) is 2.71. The van der Waals surface area contributed by atoms with Crippen molar-refractivity contribution < 1.29 is 24.1 Å². The Morgan fingerprint density at radius 2 is 2.00 bits per heavy atom. The average molecular weight is 379 g/mol. The standard InChI is InChI=1S/C22H34O5/c1-16(15-23)13-14-19-11-6-10-18(27-19)9-4-7-17-8-5-12-20(25-2)21(17)22(24)26-3/h5,8,12,16,18-19,23H,4,6-7,9-11,13-15H2,1-3H3/t16-,18-,19-/m0/s1. The Morgan fingerprint density at radius 3 is 2.67 bits per heavy atom. The van der Waals surface area contributed by atoms with Crippen LogP contribution in [0.5, 0.6) is 5.75 Å². The number of carbonyl (C=O) groups is 1. The molecule has 0 amide bonds. The molecule has 0 radical (unpaired) electrons. The lowest BCUT2D eigenvalue weighted by atomic mass is 9.94. The summed E-state index contributed by atoms with van der Waals surface area (Å²) in [5, 5.41) is 9.17. The normalized spacial score (nSPS) is 20.9. The van der Waals surface area contributed by atoms with Crippen LogP contribution in [-0.2, 0) is 15.9 Å². The van der Waals surface area contributed by atoms with E-state index in [1.807, 2.05) is 12.1 Å². The van der Waals surface area contributed by atoms with Crippen LogP contribution in [0.2, 0.25) is 0 Å². The number of methoxy groups -OCH3 is 2. The summed E-state index contributed by atoms with van der Waals surface area (Å²) < 4.78 is 16.5. The van der Waals surface area contributed by atoms with Crippen molar-refractivity contribution in [3.8, 4) is 5.75 Å². The van der Waals surface area contributed by atoms with Gasteiger partial charge in [0.1, 0.15) is 11.3 Å². The SMILES string of the molecule is COC(=O)c1c(CCC[C@H]2CCC[C@@H](CC[C@H](C)CO)O2)cccc1OC. The lowest BCUT2D eigenvalue weighted by Crippen LogP contribution is -2.28. The molecule has 27 heavy (non-hydrogen) atoms. The van der Waals surface area contributed by atoms with Gasteiger partial charge in [-0.05, 0) is 68.9 Å². The first kappa shape index (κ1) is 21.7. The zero-order valence-electron chi connectivity index (χ0n) is 16.9. The van der Waals surface area contributed by atoms with Crippen LogP contribution in [0.25, 0.3) is 0 Å². The van der Waals surface area contributed by atoms with Crippen molar-refractivity contribution in [1.82, 2.24) is 0 Å². The van der Waals surface area contributed by atoms with Crippen LogP contribution in [0.4, 0.5) is 0 Å². The third-order valence-corrected chi connectivity index (χ3v) is 5.42. The predicted molar refractivity (Wildman–Crippen MR) is 105 cm³/mol. The van der Waals surface area contributed by atoms with E-state index in [1.54, 1.807) is 13.2 Å². The van der Waals surface area contributed by atoms with E-state index < -0.39 is 0 Å². The number of rotatable bonds is 10. The second-order valence-electron chi connectivity index (χ2n) is 7.55. The fraction of sp³-hybridized carbons (Fsp3) is 0.682. The molecule has 5 nitrogen and oxygen atoms in total. The molecule has 0 spiro atoms. The summed E-state index contributed by atoms with van der Waals surface area (Å²) in [6, 6.07) is 5.67. The third-order valence-electron chi connectivity index (χ3n) is 5.42. The van der Waals surface area contributed by atoms with Gasteiger partial charge in [-0.3, -0.25) is 0 Å². The van der Waals surface area contributed by atoms with Crippen molar-refractivity contribution in [2.45, 2.75) is 70.5 Å². The number of hydrogen-bond donors (Lipinski definition) is 1. The Balaban J connectivity index is 1.86. The summed E-state index contributed by atoms with van der Waals surface area (Å²) in [4.78, 5) is 12.1. The van der Waals surface area contributed by atoms with E-state index in [0.717, 1.165) is 50.5 Å². The second-order valence-corrected chi connectivity index (χ2v) is 7.55. The number of carbonyl (C=O) groups excluding carboxylic acids is 1. The number of aliphatic hydroxyl groups is 1. The number of esters is 1. The molecule has 1 aromatic rings. The van der Waals surface area contributed by atoms with Crippen molar-refractivity contribution >= 4 is 5.97 Å². The molecule has 1 aliphatic heterocycles. The molecule has 2 rings (SSSR count). The van der Waals surface area contributed by atoms with Crippen LogP contribution < -0.4 is 4.74 Å². The molecule has 1 N–H and O–H groups in total. The van der Waals surface area contributed by atoms with Gasteiger partial charge in [0.15, 0.2) is 0 Å². The predicted octanol–water partition coefficient (Wildman–Crippen LogP) is 4.15. The smallest absolute Gasteiger partial charge is 0.341 e. The zero-order chi connectivity index (χ0) is 19.6. The highest BCUT2D eigenvalue weighted by atomic mass is 16.5. The molecule has 0 bridgehead atoms. The summed E-state index contributed by atoms with van der Waals surface area (Å²) in [5.74, 6) is 0.555. The van der Waals surface area contributed by atoms with E-state index in [0.29, 0.717) is 29.4 Å². The number of aryl methyl sites for hydroxylation is 1. The number of ether oxygens (including phenoxy) is 3. The van der Waals surface area contributed by atoms with Crippen LogP contribution in [0.1, 0.15) is 67.8 Å². The van der Waals surface area contributed by atoms with E-state index in [2.05, 4.69) is 6.92 Å². The molecule has 0 aliphatic carbocycles. The maximum Gasteiger partial charge on any atom is 0.341 e. The van der Waals surface area contributed by atoms with Crippen molar-refractivity contribution in [2.75, 3.05) is 20.8 Å². The quantitative estimate of drug-likeness (QED) is 0.620. The topological polar surface area (TPSA) is 65.0 Å². The third kappa shape index (κ3) is 6.51. The van der Waals surface area contributed by atoms with Gasteiger partial charge >= 0.3 is 5.97 Å². The van der Waals surface area contributed by atoms with Crippen LogP contribution in [0.3, 0.4) is 0 Å². The second kappa shape index (κ2) is 11.3. The van der Waals surface area contributed by atoms with E-state index in [4.69, 9.17) is 14.2 Å². The molecule has 1 heterocycles. The summed E-state index contributed by atoms with van der Waals surface area (Å²) in [6.07, 6.45) is 8.83. The summed E-state index contributed by atoms with van der Waals surface area (Å²) in [6.45, 7) is 2.33. The van der Waals surface area contributed by atoms with Gasteiger partial charge in [0.05, 0.1) is 26.4 Å². The Kier molecular flexibility index (Phi) is 9.08. The molecular weight excluding hydrogens is 344 g/mol. The zero-order valence-corrected chi connectivity index (χ0v) is 16.9. The van der Waals surface area contributed by atoms with Gasteiger partial charge in [0.25, 0.3) is 0 Å². The lowest BCUT2D eigenvalue weighted by Gasteiger charge is -2.31. The van der Waals surface area contributed by atoms with Gasteiger partial charge in [0.2, 0.25) is 0 Å². The number of hydrogen-bond acceptors (Lipinski definition) is 5. The molecule has 1 aromatic carbocycles. The highest BCUT2D eigenvalue weighted by Gasteiger charge is 2.23. The summed E-state index contributed by atoms with van der Waals surface area (Å²) in [7, 11) is 2.96. The molecule has 0 aromatic heterocycles. The lowest BCUT2D eigenvalue weighted by molar-refractivity contribution is -0.0593. The number of benzene rings is 1. The van der Waals surface area contributed by atoms with Gasteiger partial charge in [-0.25, -0.2) is 4.79 Å². The Hall–Kier alpha value is -1.59. The fourth-order valence-electron chi connectivity index (χ4n) is 3.78. The van der Waals surface area contributed by atoms with E-state index in [9.17, 15) is 9.90 Å². The van der Waals surface area contributed by atoms with Crippen LogP contribution in [0.15, 0.2) is 18.2 Å².